The Balaban J connectivity index is 1.65. The number of rotatable bonds is 6. The van der Waals surface area contributed by atoms with E-state index in [1.54, 1.807) is 35.6 Å². The third kappa shape index (κ3) is 4.07. The summed E-state index contributed by atoms with van der Waals surface area (Å²) in [7, 11) is 4.00. The molecule has 0 saturated carbocycles. The van der Waals surface area contributed by atoms with Crippen LogP contribution >= 0.6 is 0 Å². The Morgan fingerprint density at radius 3 is 2.44 bits per heavy atom. The fraction of sp³-hybridized carbons (Fsp3) is 0.222. The zero-order valence-electron chi connectivity index (χ0n) is 14.2. The highest BCUT2D eigenvalue weighted by atomic mass is 16.1. The highest BCUT2D eigenvalue weighted by Crippen LogP contribution is 2.17. The van der Waals surface area contributed by atoms with Crippen molar-refractivity contribution >= 4 is 5.91 Å². The summed E-state index contributed by atoms with van der Waals surface area (Å²) in [5.74, 6) is 0.516. The summed E-state index contributed by atoms with van der Waals surface area (Å²) in [5.41, 5.74) is 1.68. The lowest BCUT2D eigenvalue weighted by atomic mass is 10.1. The Kier molecular flexibility index (Phi) is 5.15. The number of amides is 1. The first kappa shape index (κ1) is 16.8. The molecule has 0 aliphatic carbocycles. The van der Waals surface area contributed by atoms with Gasteiger partial charge in [-0.3, -0.25) is 9.36 Å². The van der Waals surface area contributed by atoms with Gasteiger partial charge >= 0.3 is 0 Å². The van der Waals surface area contributed by atoms with Crippen LogP contribution in [-0.4, -0.2) is 51.2 Å². The average Bonchev–Trinajstić information content (AvgIpc) is 3.17. The second-order valence-electron chi connectivity index (χ2n) is 5.87. The number of likely N-dealkylation sites (N-methyl/N-ethyl adjacent to an activating group) is 1. The van der Waals surface area contributed by atoms with Crippen molar-refractivity contribution in [3.05, 3.63) is 72.4 Å². The number of nitrogens with zero attached hydrogens (tertiary/aromatic N) is 5. The van der Waals surface area contributed by atoms with E-state index in [4.69, 9.17) is 0 Å². The van der Waals surface area contributed by atoms with E-state index in [1.165, 1.54) is 0 Å². The molecule has 0 spiro atoms. The molecule has 0 saturated heterocycles. The minimum absolute atomic E-state index is 0.106. The summed E-state index contributed by atoms with van der Waals surface area (Å²) in [5, 5.41) is 10.5. The predicted octanol–water partition coefficient (Wildman–Crippen LogP) is 1.69. The van der Waals surface area contributed by atoms with Crippen LogP contribution in [0.2, 0.25) is 0 Å². The molecule has 0 aliphatic heterocycles. The van der Waals surface area contributed by atoms with E-state index in [-0.39, 0.29) is 11.9 Å². The third-order valence-corrected chi connectivity index (χ3v) is 3.96. The van der Waals surface area contributed by atoms with Gasteiger partial charge in [0.15, 0.2) is 0 Å². The molecule has 1 unspecified atom stereocenters. The molecule has 7 heteroatoms. The summed E-state index contributed by atoms with van der Waals surface area (Å²) < 4.78 is 1.68. The molecule has 2 heterocycles. The monoisotopic (exact) mass is 336 g/mol. The van der Waals surface area contributed by atoms with Crippen LogP contribution in [0.15, 0.2) is 61.3 Å². The molecule has 2 aromatic heterocycles. The van der Waals surface area contributed by atoms with Crippen LogP contribution in [0.25, 0.3) is 5.82 Å². The number of benzene rings is 1. The van der Waals surface area contributed by atoms with Gasteiger partial charge in [-0.15, -0.1) is 10.2 Å². The maximum atomic E-state index is 12.4. The van der Waals surface area contributed by atoms with Gasteiger partial charge in [-0.1, -0.05) is 30.3 Å². The van der Waals surface area contributed by atoms with Crippen molar-refractivity contribution < 1.29 is 4.79 Å². The molecule has 1 N–H and O–H groups in total. The van der Waals surface area contributed by atoms with Gasteiger partial charge in [0.25, 0.3) is 5.91 Å². The molecule has 0 radical (unpaired) electrons. The summed E-state index contributed by atoms with van der Waals surface area (Å²) in [6, 6.07) is 13.7. The average molecular weight is 336 g/mol. The topological polar surface area (TPSA) is 75.9 Å². The zero-order valence-corrected chi connectivity index (χ0v) is 14.2. The molecule has 7 nitrogen and oxygen atoms in total. The van der Waals surface area contributed by atoms with E-state index < -0.39 is 0 Å². The number of nitrogens with one attached hydrogen (secondary N) is 1. The number of hydrogen-bond donors (Lipinski definition) is 1. The molecule has 1 atom stereocenters. The molecule has 3 rings (SSSR count). The van der Waals surface area contributed by atoms with E-state index in [0.29, 0.717) is 17.9 Å². The van der Waals surface area contributed by atoms with Crippen molar-refractivity contribution in [2.75, 3.05) is 20.6 Å². The normalized spacial score (nSPS) is 12.1. The second kappa shape index (κ2) is 7.67. The highest BCUT2D eigenvalue weighted by molar-refractivity contribution is 5.93. The van der Waals surface area contributed by atoms with E-state index in [1.807, 2.05) is 32.3 Å². The van der Waals surface area contributed by atoms with Crippen molar-refractivity contribution in [1.82, 2.24) is 30.0 Å². The van der Waals surface area contributed by atoms with Crippen molar-refractivity contribution in [3.8, 4) is 5.82 Å². The highest BCUT2D eigenvalue weighted by Gasteiger charge is 2.15. The van der Waals surface area contributed by atoms with Crippen LogP contribution in [0.4, 0.5) is 0 Å². The molecule has 1 aromatic carbocycles. The van der Waals surface area contributed by atoms with Crippen LogP contribution in [0.1, 0.15) is 22.0 Å². The second-order valence-corrected chi connectivity index (χ2v) is 5.87. The van der Waals surface area contributed by atoms with Gasteiger partial charge in [-0.25, -0.2) is 4.98 Å². The number of aromatic nitrogens is 4. The quantitative estimate of drug-likeness (QED) is 0.741. The smallest absolute Gasteiger partial charge is 0.252 e. The summed E-state index contributed by atoms with van der Waals surface area (Å²) in [6.07, 6.45) is 4.67. The standard InChI is InChI=1S/C18H20N6O/c1-23(2)16(14-6-4-3-5-7-14)11-20-18(25)15-8-9-17(19-10-15)24-12-21-22-13-24/h3-10,12-13,16H,11H2,1-2H3,(H,20,25). The van der Waals surface area contributed by atoms with Gasteiger partial charge in [0.1, 0.15) is 18.5 Å². The zero-order chi connectivity index (χ0) is 17.6. The fourth-order valence-electron chi connectivity index (χ4n) is 2.56. The SMILES string of the molecule is CN(C)C(CNC(=O)c1ccc(-n2cnnc2)nc1)c1ccccc1. The van der Waals surface area contributed by atoms with Crippen molar-refractivity contribution in [1.29, 1.82) is 0 Å². The van der Waals surface area contributed by atoms with E-state index in [0.717, 1.165) is 5.56 Å². The van der Waals surface area contributed by atoms with E-state index in [9.17, 15) is 4.79 Å². The molecule has 25 heavy (non-hydrogen) atoms. The molecular weight excluding hydrogens is 316 g/mol. The van der Waals surface area contributed by atoms with Crippen LogP contribution in [-0.2, 0) is 0 Å². The van der Waals surface area contributed by atoms with Gasteiger partial charge in [-0.05, 0) is 31.8 Å². The Labute approximate surface area is 146 Å². The summed E-state index contributed by atoms with van der Waals surface area (Å²) >= 11 is 0. The van der Waals surface area contributed by atoms with Gasteiger partial charge in [0.05, 0.1) is 11.6 Å². The van der Waals surface area contributed by atoms with E-state index >= 15 is 0 Å². The molecule has 0 bridgehead atoms. The maximum Gasteiger partial charge on any atom is 0.252 e. The molecule has 0 fully saturated rings. The van der Waals surface area contributed by atoms with Crippen molar-refractivity contribution in [3.63, 3.8) is 0 Å². The Morgan fingerprint density at radius 1 is 1.12 bits per heavy atom. The number of hydrogen-bond acceptors (Lipinski definition) is 5. The number of pyridine rings is 1. The Hall–Kier alpha value is -3.06. The maximum absolute atomic E-state index is 12.4. The van der Waals surface area contributed by atoms with Gasteiger partial charge in [0, 0.05) is 12.7 Å². The summed E-state index contributed by atoms with van der Waals surface area (Å²) in [4.78, 5) is 18.8. The lowest BCUT2D eigenvalue weighted by Crippen LogP contribution is -2.34. The molecule has 128 valence electrons. The van der Waals surface area contributed by atoms with Crippen LogP contribution in [0.3, 0.4) is 0 Å². The molecule has 3 aromatic rings. The Bertz CT molecular complexity index is 799. The minimum Gasteiger partial charge on any atom is -0.350 e. The van der Waals surface area contributed by atoms with Crippen LogP contribution in [0, 0.1) is 0 Å². The number of carbonyl (C=O) groups excluding carboxylic acids is 1. The number of carbonyl (C=O) groups is 1. The van der Waals surface area contributed by atoms with Crippen molar-refractivity contribution in [2.24, 2.45) is 0 Å². The molecular formula is C18H20N6O. The van der Waals surface area contributed by atoms with Crippen molar-refractivity contribution in [2.45, 2.75) is 6.04 Å². The van der Waals surface area contributed by atoms with Crippen LogP contribution in [0.5, 0.6) is 0 Å². The minimum atomic E-state index is -0.148. The Morgan fingerprint density at radius 2 is 1.84 bits per heavy atom. The van der Waals surface area contributed by atoms with Crippen LogP contribution < -0.4 is 5.32 Å². The van der Waals surface area contributed by atoms with Gasteiger partial charge in [0.2, 0.25) is 0 Å². The van der Waals surface area contributed by atoms with Gasteiger partial charge in [-0.2, -0.15) is 0 Å². The first-order chi connectivity index (χ1) is 12.1. The predicted molar refractivity (Wildman–Crippen MR) is 94.4 cm³/mol. The van der Waals surface area contributed by atoms with Gasteiger partial charge < -0.3 is 10.2 Å². The lowest BCUT2D eigenvalue weighted by molar-refractivity contribution is 0.0941. The largest absolute Gasteiger partial charge is 0.350 e. The first-order valence-electron chi connectivity index (χ1n) is 7.96. The molecule has 0 aliphatic rings. The van der Waals surface area contributed by atoms with E-state index in [2.05, 4.69) is 37.5 Å². The lowest BCUT2D eigenvalue weighted by Gasteiger charge is -2.25. The first-order valence-corrected chi connectivity index (χ1v) is 7.96. The summed E-state index contributed by atoms with van der Waals surface area (Å²) in [6.45, 7) is 0.517. The fourth-order valence-corrected chi connectivity index (χ4v) is 2.56. The molecule has 1 amide bonds. The third-order valence-electron chi connectivity index (χ3n) is 3.96.